The third-order valence-corrected chi connectivity index (χ3v) is 1.99. The molecule has 0 saturated carbocycles. The second-order valence-electron chi connectivity index (χ2n) is 2.99. The van der Waals surface area contributed by atoms with Crippen molar-refractivity contribution in [3.8, 4) is 0 Å². The lowest BCUT2D eigenvalue weighted by Gasteiger charge is -2.37. The van der Waals surface area contributed by atoms with Crippen molar-refractivity contribution in [3.63, 3.8) is 0 Å². The Morgan fingerprint density at radius 2 is 2.36 bits per heavy atom. The molecule has 1 unspecified atom stereocenters. The first kappa shape index (κ1) is 8.49. The van der Waals surface area contributed by atoms with Crippen molar-refractivity contribution >= 4 is 6.41 Å². The number of hydrogen-bond donors (Lipinski definition) is 1. The molecule has 0 aromatic rings. The molecule has 1 atom stereocenters. The molecule has 0 radical (unpaired) electrons. The van der Waals surface area contributed by atoms with Crippen LogP contribution in [0.15, 0.2) is 0 Å². The molecule has 0 aliphatic carbocycles. The van der Waals surface area contributed by atoms with E-state index >= 15 is 0 Å². The van der Waals surface area contributed by atoms with Gasteiger partial charge in [-0.05, 0) is 14.1 Å². The van der Waals surface area contributed by atoms with Gasteiger partial charge in [0.05, 0.1) is 6.17 Å². The highest BCUT2D eigenvalue weighted by Gasteiger charge is 2.21. The third-order valence-electron chi connectivity index (χ3n) is 1.99. The molecule has 0 bridgehead atoms. The highest BCUT2D eigenvalue weighted by Crippen LogP contribution is 2.01. The zero-order chi connectivity index (χ0) is 8.27. The number of nitrogens with zero attached hydrogens (tertiary/aromatic N) is 2. The standard InChI is InChI=1S/C7H15N3O/c1-9(2)7-5-8-3-4-10(7)6-11/h6-8H,3-5H2,1-2H3. The molecule has 1 aliphatic heterocycles. The van der Waals surface area contributed by atoms with Crippen molar-refractivity contribution in [2.24, 2.45) is 0 Å². The molecule has 0 aromatic carbocycles. The van der Waals surface area contributed by atoms with Gasteiger partial charge in [-0.3, -0.25) is 9.69 Å². The maximum atomic E-state index is 10.5. The number of carbonyl (C=O) groups excluding carboxylic acids is 1. The van der Waals surface area contributed by atoms with Crippen LogP contribution in [0.5, 0.6) is 0 Å². The Labute approximate surface area is 67.2 Å². The van der Waals surface area contributed by atoms with Gasteiger partial charge in [0.15, 0.2) is 0 Å². The van der Waals surface area contributed by atoms with E-state index in [1.807, 2.05) is 23.9 Å². The molecule has 4 nitrogen and oxygen atoms in total. The minimum atomic E-state index is 0.223. The molecule has 1 saturated heterocycles. The van der Waals surface area contributed by atoms with Gasteiger partial charge < -0.3 is 10.2 Å². The Hall–Kier alpha value is -0.610. The van der Waals surface area contributed by atoms with Gasteiger partial charge in [-0.25, -0.2) is 0 Å². The number of hydrogen-bond acceptors (Lipinski definition) is 3. The summed E-state index contributed by atoms with van der Waals surface area (Å²) in [5, 5.41) is 3.24. The number of carbonyl (C=O) groups is 1. The highest BCUT2D eigenvalue weighted by molar-refractivity contribution is 5.47. The van der Waals surface area contributed by atoms with Gasteiger partial charge in [-0.15, -0.1) is 0 Å². The third kappa shape index (κ3) is 1.91. The van der Waals surface area contributed by atoms with Crippen molar-refractivity contribution in [2.75, 3.05) is 33.7 Å². The van der Waals surface area contributed by atoms with E-state index in [9.17, 15) is 4.79 Å². The van der Waals surface area contributed by atoms with E-state index in [0.717, 1.165) is 26.0 Å². The number of amides is 1. The van der Waals surface area contributed by atoms with Gasteiger partial charge in [-0.2, -0.15) is 0 Å². The van der Waals surface area contributed by atoms with Crippen LogP contribution in [-0.4, -0.2) is 56.1 Å². The summed E-state index contributed by atoms with van der Waals surface area (Å²) in [6, 6.07) is 0. The Morgan fingerprint density at radius 3 is 2.82 bits per heavy atom. The lowest BCUT2D eigenvalue weighted by Crippen LogP contribution is -2.56. The second-order valence-corrected chi connectivity index (χ2v) is 2.99. The topological polar surface area (TPSA) is 35.6 Å². The summed E-state index contributed by atoms with van der Waals surface area (Å²) < 4.78 is 0. The van der Waals surface area contributed by atoms with Crippen LogP contribution in [-0.2, 0) is 4.79 Å². The smallest absolute Gasteiger partial charge is 0.211 e. The van der Waals surface area contributed by atoms with Crippen LogP contribution in [0.4, 0.5) is 0 Å². The predicted molar refractivity (Wildman–Crippen MR) is 43.1 cm³/mol. The molecular formula is C7H15N3O. The fraction of sp³-hybridized carbons (Fsp3) is 0.857. The van der Waals surface area contributed by atoms with Crippen molar-refractivity contribution in [1.29, 1.82) is 0 Å². The molecular weight excluding hydrogens is 142 g/mol. The van der Waals surface area contributed by atoms with Crippen LogP contribution in [0, 0.1) is 0 Å². The maximum absolute atomic E-state index is 10.5. The lowest BCUT2D eigenvalue weighted by atomic mass is 10.3. The van der Waals surface area contributed by atoms with E-state index in [4.69, 9.17) is 0 Å². The minimum absolute atomic E-state index is 0.223. The molecule has 64 valence electrons. The molecule has 1 aliphatic rings. The maximum Gasteiger partial charge on any atom is 0.211 e. The van der Waals surface area contributed by atoms with Crippen LogP contribution in [0.3, 0.4) is 0 Å². The van der Waals surface area contributed by atoms with E-state index in [2.05, 4.69) is 5.32 Å². The van der Waals surface area contributed by atoms with E-state index in [1.165, 1.54) is 0 Å². The van der Waals surface area contributed by atoms with Gasteiger partial charge in [0, 0.05) is 19.6 Å². The molecule has 0 aromatic heterocycles. The van der Waals surface area contributed by atoms with Crippen LogP contribution in [0.2, 0.25) is 0 Å². The van der Waals surface area contributed by atoms with Crippen molar-refractivity contribution in [2.45, 2.75) is 6.17 Å². The summed E-state index contributed by atoms with van der Waals surface area (Å²) in [6.45, 7) is 2.58. The Kier molecular flexibility index (Phi) is 2.84. The minimum Gasteiger partial charge on any atom is -0.327 e. The Morgan fingerprint density at radius 1 is 1.64 bits per heavy atom. The average Bonchev–Trinajstić information content (AvgIpc) is 2.04. The van der Waals surface area contributed by atoms with Crippen molar-refractivity contribution in [3.05, 3.63) is 0 Å². The SMILES string of the molecule is CN(C)C1CNCCN1C=O. The number of rotatable bonds is 2. The number of piperazine rings is 1. The van der Waals surface area contributed by atoms with Crippen LogP contribution in [0.25, 0.3) is 0 Å². The van der Waals surface area contributed by atoms with Crippen molar-refractivity contribution < 1.29 is 4.79 Å². The predicted octanol–water partition coefficient (Wildman–Crippen LogP) is -1.06. The van der Waals surface area contributed by atoms with Gasteiger partial charge >= 0.3 is 0 Å². The van der Waals surface area contributed by atoms with E-state index < -0.39 is 0 Å². The molecule has 0 spiro atoms. The molecule has 1 heterocycles. The highest BCUT2D eigenvalue weighted by atomic mass is 16.1. The average molecular weight is 157 g/mol. The zero-order valence-corrected chi connectivity index (χ0v) is 7.08. The van der Waals surface area contributed by atoms with Gasteiger partial charge in [0.25, 0.3) is 0 Å². The van der Waals surface area contributed by atoms with E-state index in [1.54, 1.807) is 0 Å². The fourth-order valence-corrected chi connectivity index (χ4v) is 1.31. The van der Waals surface area contributed by atoms with Crippen LogP contribution >= 0.6 is 0 Å². The monoisotopic (exact) mass is 157 g/mol. The summed E-state index contributed by atoms with van der Waals surface area (Å²) in [5.74, 6) is 0. The lowest BCUT2D eigenvalue weighted by molar-refractivity contribution is -0.124. The summed E-state index contributed by atoms with van der Waals surface area (Å²) >= 11 is 0. The quantitative estimate of drug-likeness (QED) is 0.519. The molecule has 11 heavy (non-hydrogen) atoms. The summed E-state index contributed by atoms with van der Waals surface area (Å²) in [6.07, 6.45) is 1.15. The van der Waals surface area contributed by atoms with Crippen LogP contribution < -0.4 is 5.32 Å². The van der Waals surface area contributed by atoms with Gasteiger partial charge in [0.1, 0.15) is 0 Å². The Balaban J connectivity index is 2.51. The van der Waals surface area contributed by atoms with Gasteiger partial charge in [0.2, 0.25) is 6.41 Å². The summed E-state index contributed by atoms with van der Waals surface area (Å²) in [5.41, 5.74) is 0. The molecule has 1 amide bonds. The summed E-state index contributed by atoms with van der Waals surface area (Å²) in [4.78, 5) is 14.4. The first-order valence-electron chi connectivity index (χ1n) is 3.84. The van der Waals surface area contributed by atoms with Gasteiger partial charge in [-0.1, -0.05) is 0 Å². The zero-order valence-electron chi connectivity index (χ0n) is 7.08. The van der Waals surface area contributed by atoms with Crippen molar-refractivity contribution in [1.82, 2.24) is 15.1 Å². The fourth-order valence-electron chi connectivity index (χ4n) is 1.31. The second kappa shape index (κ2) is 3.69. The molecule has 1 rings (SSSR count). The molecule has 4 heteroatoms. The Bertz CT molecular complexity index is 138. The molecule has 1 fully saturated rings. The van der Waals surface area contributed by atoms with E-state index in [-0.39, 0.29) is 6.17 Å². The largest absolute Gasteiger partial charge is 0.327 e. The summed E-state index contributed by atoms with van der Waals surface area (Å²) in [7, 11) is 3.96. The normalized spacial score (nSPS) is 25.7. The molecule has 1 N–H and O–H groups in total. The first-order chi connectivity index (χ1) is 5.25. The van der Waals surface area contributed by atoms with Crippen LogP contribution in [0.1, 0.15) is 0 Å². The number of nitrogens with one attached hydrogen (secondary N) is 1. The number of likely N-dealkylation sites (N-methyl/N-ethyl adjacent to an activating group) is 1. The first-order valence-corrected chi connectivity index (χ1v) is 3.84. The van der Waals surface area contributed by atoms with E-state index in [0.29, 0.717) is 0 Å².